The molecule has 1 aromatic rings. The van der Waals surface area contributed by atoms with Gasteiger partial charge in [-0.05, 0) is 15.9 Å². The SMILES string of the molecule is CNc1nc(C(C)(C)C)nc(C(C)(C)C)c1Br. The van der Waals surface area contributed by atoms with Gasteiger partial charge in [0.2, 0.25) is 0 Å². The highest BCUT2D eigenvalue weighted by Crippen LogP contribution is 2.34. The minimum Gasteiger partial charge on any atom is -0.372 e. The molecule has 0 aliphatic rings. The average molecular weight is 300 g/mol. The Bertz CT molecular complexity index is 414. The molecular weight excluding hydrogens is 278 g/mol. The lowest BCUT2D eigenvalue weighted by atomic mass is 9.90. The van der Waals surface area contributed by atoms with Crippen LogP contribution < -0.4 is 5.32 Å². The van der Waals surface area contributed by atoms with Crippen molar-refractivity contribution in [1.29, 1.82) is 0 Å². The summed E-state index contributed by atoms with van der Waals surface area (Å²) in [6.45, 7) is 12.9. The summed E-state index contributed by atoms with van der Waals surface area (Å²) in [4.78, 5) is 9.29. The maximum atomic E-state index is 4.73. The summed E-state index contributed by atoms with van der Waals surface area (Å²) in [6, 6.07) is 0. The number of rotatable bonds is 1. The standard InChI is InChI=1S/C13H22BrN3/c1-12(2,3)9-8(14)10(15-7)17-11(16-9)13(4,5)6/h1-7H3,(H,15,16,17). The lowest BCUT2D eigenvalue weighted by molar-refractivity contribution is 0.512. The molecule has 0 aromatic carbocycles. The topological polar surface area (TPSA) is 37.8 Å². The van der Waals surface area contributed by atoms with Crippen LogP contribution in [0, 0.1) is 0 Å². The second-order valence-electron chi connectivity index (χ2n) is 6.31. The smallest absolute Gasteiger partial charge is 0.144 e. The number of hydrogen-bond donors (Lipinski definition) is 1. The molecule has 4 heteroatoms. The van der Waals surface area contributed by atoms with Gasteiger partial charge in [-0.25, -0.2) is 9.97 Å². The Balaban J connectivity index is 3.50. The minimum atomic E-state index is -0.0493. The van der Waals surface area contributed by atoms with Crippen molar-refractivity contribution in [2.24, 2.45) is 0 Å². The van der Waals surface area contributed by atoms with Crippen LogP contribution in [0.15, 0.2) is 4.47 Å². The zero-order chi connectivity index (χ0) is 13.4. The Morgan fingerprint density at radius 1 is 0.941 bits per heavy atom. The average Bonchev–Trinajstić information content (AvgIpc) is 2.14. The maximum Gasteiger partial charge on any atom is 0.144 e. The third-order valence-electron chi connectivity index (χ3n) is 2.47. The molecule has 0 bridgehead atoms. The van der Waals surface area contributed by atoms with Gasteiger partial charge in [0.15, 0.2) is 0 Å². The number of aromatic nitrogens is 2. The van der Waals surface area contributed by atoms with Gasteiger partial charge < -0.3 is 5.32 Å². The fourth-order valence-electron chi connectivity index (χ4n) is 1.45. The molecule has 3 nitrogen and oxygen atoms in total. The van der Waals surface area contributed by atoms with Crippen molar-refractivity contribution in [3.63, 3.8) is 0 Å². The van der Waals surface area contributed by atoms with Crippen molar-refractivity contribution < 1.29 is 0 Å². The van der Waals surface area contributed by atoms with E-state index in [9.17, 15) is 0 Å². The molecule has 1 rings (SSSR count). The van der Waals surface area contributed by atoms with Crippen LogP contribution in [0.5, 0.6) is 0 Å². The van der Waals surface area contributed by atoms with Gasteiger partial charge >= 0.3 is 0 Å². The van der Waals surface area contributed by atoms with Crippen molar-refractivity contribution in [1.82, 2.24) is 9.97 Å². The Morgan fingerprint density at radius 2 is 1.47 bits per heavy atom. The van der Waals surface area contributed by atoms with Gasteiger partial charge in [0.1, 0.15) is 11.6 Å². The molecule has 1 N–H and O–H groups in total. The van der Waals surface area contributed by atoms with E-state index in [1.54, 1.807) is 0 Å². The van der Waals surface area contributed by atoms with Gasteiger partial charge in [0.25, 0.3) is 0 Å². The number of hydrogen-bond acceptors (Lipinski definition) is 3. The van der Waals surface area contributed by atoms with E-state index < -0.39 is 0 Å². The molecule has 0 atom stereocenters. The van der Waals surface area contributed by atoms with Crippen molar-refractivity contribution in [2.75, 3.05) is 12.4 Å². The number of halogens is 1. The molecular formula is C13H22BrN3. The summed E-state index contributed by atoms with van der Waals surface area (Å²) in [5.74, 6) is 1.73. The molecule has 17 heavy (non-hydrogen) atoms. The molecule has 96 valence electrons. The third kappa shape index (κ3) is 3.18. The van der Waals surface area contributed by atoms with E-state index in [0.29, 0.717) is 0 Å². The quantitative estimate of drug-likeness (QED) is 0.855. The van der Waals surface area contributed by atoms with E-state index in [1.165, 1.54) is 0 Å². The van der Waals surface area contributed by atoms with Crippen LogP contribution in [0.25, 0.3) is 0 Å². The third-order valence-corrected chi connectivity index (χ3v) is 3.22. The Hall–Kier alpha value is -0.640. The van der Waals surface area contributed by atoms with E-state index in [4.69, 9.17) is 4.98 Å². The molecule has 0 unspecified atom stereocenters. The van der Waals surface area contributed by atoms with Crippen molar-refractivity contribution >= 4 is 21.7 Å². The molecule has 0 radical (unpaired) electrons. The van der Waals surface area contributed by atoms with E-state index in [2.05, 4.69) is 67.8 Å². The zero-order valence-electron chi connectivity index (χ0n) is 11.8. The molecule has 1 aromatic heterocycles. The Labute approximate surface area is 113 Å². The summed E-state index contributed by atoms with van der Waals surface area (Å²) in [5.41, 5.74) is 0.987. The predicted octanol–water partition coefficient (Wildman–Crippen LogP) is 3.88. The zero-order valence-corrected chi connectivity index (χ0v) is 13.4. The second kappa shape index (κ2) is 4.56. The lowest BCUT2D eigenvalue weighted by Gasteiger charge is -2.25. The van der Waals surface area contributed by atoms with Crippen LogP contribution in [-0.2, 0) is 10.8 Å². The molecule has 0 spiro atoms. The van der Waals surface area contributed by atoms with E-state index >= 15 is 0 Å². The Kier molecular flexibility index (Phi) is 3.87. The molecule has 0 saturated heterocycles. The molecule has 0 fully saturated rings. The number of nitrogens with zero attached hydrogens (tertiary/aromatic N) is 2. The van der Waals surface area contributed by atoms with Gasteiger partial charge in [-0.2, -0.15) is 0 Å². The summed E-state index contributed by atoms with van der Waals surface area (Å²) >= 11 is 3.59. The predicted molar refractivity (Wildman–Crippen MR) is 76.7 cm³/mol. The van der Waals surface area contributed by atoms with Gasteiger partial charge in [0.05, 0.1) is 10.2 Å². The lowest BCUT2D eigenvalue weighted by Crippen LogP contribution is -2.23. The van der Waals surface area contributed by atoms with Gasteiger partial charge in [-0.3, -0.25) is 0 Å². The maximum absolute atomic E-state index is 4.73. The van der Waals surface area contributed by atoms with Crippen molar-refractivity contribution in [3.8, 4) is 0 Å². The van der Waals surface area contributed by atoms with Gasteiger partial charge in [0, 0.05) is 17.9 Å². The van der Waals surface area contributed by atoms with Gasteiger partial charge in [-0.15, -0.1) is 0 Å². The first-order valence-electron chi connectivity index (χ1n) is 5.83. The number of nitrogens with one attached hydrogen (secondary N) is 1. The summed E-state index contributed by atoms with van der Waals surface area (Å²) in [5, 5.41) is 3.12. The normalized spacial score (nSPS) is 12.7. The highest BCUT2D eigenvalue weighted by Gasteiger charge is 2.26. The van der Waals surface area contributed by atoms with Gasteiger partial charge in [-0.1, -0.05) is 41.5 Å². The molecule has 0 saturated carbocycles. The largest absolute Gasteiger partial charge is 0.372 e. The fraction of sp³-hybridized carbons (Fsp3) is 0.692. The first-order valence-corrected chi connectivity index (χ1v) is 6.63. The summed E-state index contributed by atoms with van der Waals surface area (Å²) in [7, 11) is 1.88. The van der Waals surface area contributed by atoms with Crippen LogP contribution in [0.3, 0.4) is 0 Å². The van der Waals surface area contributed by atoms with Crippen LogP contribution in [0.4, 0.5) is 5.82 Å². The monoisotopic (exact) mass is 299 g/mol. The summed E-state index contributed by atoms with van der Waals surface area (Å²) in [6.07, 6.45) is 0. The van der Waals surface area contributed by atoms with Crippen LogP contribution in [-0.4, -0.2) is 17.0 Å². The van der Waals surface area contributed by atoms with Crippen LogP contribution in [0.1, 0.15) is 53.1 Å². The van der Waals surface area contributed by atoms with Crippen molar-refractivity contribution in [2.45, 2.75) is 52.4 Å². The van der Waals surface area contributed by atoms with Crippen LogP contribution in [0.2, 0.25) is 0 Å². The molecule has 0 aliphatic heterocycles. The van der Waals surface area contributed by atoms with Crippen LogP contribution >= 0.6 is 15.9 Å². The fourth-order valence-corrected chi connectivity index (χ4v) is 2.42. The highest BCUT2D eigenvalue weighted by atomic mass is 79.9. The highest BCUT2D eigenvalue weighted by molar-refractivity contribution is 9.10. The van der Waals surface area contributed by atoms with E-state index in [-0.39, 0.29) is 10.8 Å². The number of anilines is 1. The van der Waals surface area contributed by atoms with E-state index in [1.807, 2.05) is 7.05 Å². The first-order chi connectivity index (χ1) is 7.57. The Morgan fingerprint density at radius 3 is 1.82 bits per heavy atom. The minimum absolute atomic E-state index is 0.00657. The van der Waals surface area contributed by atoms with E-state index in [0.717, 1.165) is 21.8 Å². The summed E-state index contributed by atoms with van der Waals surface area (Å²) < 4.78 is 0.959. The molecule has 1 heterocycles. The second-order valence-corrected chi connectivity index (χ2v) is 7.10. The van der Waals surface area contributed by atoms with Crippen molar-refractivity contribution in [3.05, 3.63) is 16.0 Å². The molecule has 0 amide bonds. The molecule has 0 aliphatic carbocycles. The first kappa shape index (κ1) is 14.4.